The Morgan fingerprint density at radius 2 is 1.54 bits per heavy atom. The Morgan fingerprint density at radius 1 is 0.893 bits per heavy atom. The van der Waals surface area contributed by atoms with Crippen LogP contribution in [0.2, 0.25) is 0 Å². The molecule has 0 N–H and O–H groups in total. The fraction of sp³-hybridized carbons (Fsp3) is 0.0870. The molecular weight excluding hydrogens is 353 g/mol. The topological polar surface area (TPSA) is 47.8 Å². The summed E-state index contributed by atoms with van der Waals surface area (Å²) in [5, 5.41) is 9.03. The third-order valence-electron chi connectivity index (χ3n) is 4.59. The SMILES string of the molecule is O=C(CC(c1ccccc1)n1ncc(-c2ccccc2)n1)c1ccc(F)cc1. The average molecular weight is 371 g/mol. The number of nitrogens with zero attached hydrogens (tertiary/aromatic N) is 3. The van der Waals surface area contributed by atoms with Crippen LogP contribution in [0.4, 0.5) is 4.39 Å². The van der Waals surface area contributed by atoms with E-state index in [0.717, 1.165) is 16.8 Å². The van der Waals surface area contributed by atoms with Crippen molar-refractivity contribution in [3.8, 4) is 11.3 Å². The molecule has 138 valence electrons. The Bertz CT molecular complexity index is 1060. The van der Waals surface area contributed by atoms with Crippen molar-refractivity contribution < 1.29 is 9.18 Å². The molecule has 1 heterocycles. The van der Waals surface area contributed by atoms with E-state index in [1.165, 1.54) is 24.3 Å². The van der Waals surface area contributed by atoms with E-state index in [2.05, 4.69) is 10.2 Å². The fourth-order valence-corrected chi connectivity index (χ4v) is 3.10. The highest BCUT2D eigenvalue weighted by Gasteiger charge is 2.21. The van der Waals surface area contributed by atoms with Gasteiger partial charge in [0.2, 0.25) is 0 Å². The van der Waals surface area contributed by atoms with Crippen LogP contribution in [0, 0.1) is 5.82 Å². The molecule has 4 aromatic rings. The second kappa shape index (κ2) is 7.96. The molecule has 0 aliphatic heterocycles. The van der Waals surface area contributed by atoms with Crippen LogP contribution < -0.4 is 0 Å². The number of hydrogen-bond donors (Lipinski definition) is 0. The summed E-state index contributed by atoms with van der Waals surface area (Å²) in [5.74, 6) is -0.454. The quantitative estimate of drug-likeness (QED) is 0.451. The van der Waals surface area contributed by atoms with Crippen molar-refractivity contribution >= 4 is 5.78 Å². The normalized spacial score (nSPS) is 11.9. The molecule has 28 heavy (non-hydrogen) atoms. The maximum absolute atomic E-state index is 13.2. The van der Waals surface area contributed by atoms with Gasteiger partial charge in [-0.15, -0.1) is 0 Å². The van der Waals surface area contributed by atoms with Gasteiger partial charge in [-0.05, 0) is 29.8 Å². The number of benzene rings is 3. The lowest BCUT2D eigenvalue weighted by Gasteiger charge is -2.16. The van der Waals surface area contributed by atoms with Gasteiger partial charge in [-0.3, -0.25) is 4.79 Å². The molecule has 0 bridgehead atoms. The van der Waals surface area contributed by atoms with Gasteiger partial charge in [-0.2, -0.15) is 15.0 Å². The lowest BCUT2D eigenvalue weighted by atomic mass is 9.98. The van der Waals surface area contributed by atoms with E-state index < -0.39 is 0 Å². The summed E-state index contributed by atoms with van der Waals surface area (Å²) >= 11 is 0. The lowest BCUT2D eigenvalue weighted by molar-refractivity contribution is 0.0964. The Kier molecular flexibility index (Phi) is 5.06. The van der Waals surface area contributed by atoms with E-state index in [1.54, 1.807) is 11.0 Å². The minimum Gasteiger partial charge on any atom is -0.294 e. The van der Waals surface area contributed by atoms with Crippen LogP contribution in [0.25, 0.3) is 11.3 Å². The first-order valence-electron chi connectivity index (χ1n) is 9.01. The second-order valence-electron chi connectivity index (χ2n) is 6.48. The van der Waals surface area contributed by atoms with Crippen LogP contribution in [0.1, 0.15) is 28.4 Å². The maximum atomic E-state index is 13.2. The monoisotopic (exact) mass is 371 g/mol. The smallest absolute Gasteiger partial charge is 0.165 e. The molecule has 1 unspecified atom stereocenters. The molecule has 4 rings (SSSR count). The highest BCUT2D eigenvalue weighted by atomic mass is 19.1. The first-order chi connectivity index (χ1) is 13.7. The van der Waals surface area contributed by atoms with E-state index >= 15 is 0 Å². The van der Waals surface area contributed by atoms with Gasteiger partial charge in [-0.25, -0.2) is 4.39 Å². The third-order valence-corrected chi connectivity index (χ3v) is 4.59. The van der Waals surface area contributed by atoms with Gasteiger partial charge in [0.15, 0.2) is 5.78 Å². The van der Waals surface area contributed by atoms with E-state index in [4.69, 9.17) is 0 Å². The summed E-state index contributed by atoms with van der Waals surface area (Å²) in [6.45, 7) is 0. The van der Waals surface area contributed by atoms with E-state index in [-0.39, 0.29) is 24.1 Å². The first kappa shape index (κ1) is 17.8. The van der Waals surface area contributed by atoms with Gasteiger partial charge in [0.05, 0.1) is 6.20 Å². The standard InChI is InChI=1S/C23H18FN3O/c24-20-13-11-19(12-14-20)23(28)15-22(18-9-5-2-6-10-18)27-25-16-21(26-27)17-7-3-1-4-8-17/h1-14,16,22H,15H2. The summed E-state index contributed by atoms with van der Waals surface area (Å²) < 4.78 is 13.2. The van der Waals surface area contributed by atoms with E-state index in [0.29, 0.717) is 5.56 Å². The van der Waals surface area contributed by atoms with Crippen molar-refractivity contribution in [1.29, 1.82) is 0 Å². The highest BCUT2D eigenvalue weighted by Crippen LogP contribution is 2.24. The molecule has 4 nitrogen and oxygen atoms in total. The number of aromatic nitrogens is 3. The molecule has 0 aliphatic rings. The van der Waals surface area contributed by atoms with Gasteiger partial charge in [0.25, 0.3) is 0 Å². The minimum atomic E-state index is -0.364. The van der Waals surface area contributed by atoms with Crippen LogP contribution in [-0.2, 0) is 0 Å². The lowest BCUT2D eigenvalue weighted by Crippen LogP contribution is -2.18. The number of carbonyl (C=O) groups excluding carboxylic acids is 1. The predicted molar refractivity (Wildman–Crippen MR) is 105 cm³/mol. The van der Waals surface area contributed by atoms with Gasteiger partial charge >= 0.3 is 0 Å². The zero-order valence-electron chi connectivity index (χ0n) is 15.1. The zero-order chi connectivity index (χ0) is 19.3. The van der Waals surface area contributed by atoms with Crippen LogP contribution in [0.3, 0.4) is 0 Å². The Labute approximate surface area is 162 Å². The Balaban J connectivity index is 1.66. The van der Waals surface area contributed by atoms with Crippen LogP contribution in [-0.4, -0.2) is 20.8 Å². The first-order valence-corrected chi connectivity index (χ1v) is 9.01. The molecule has 1 atom stereocenters. The summed E-state index contributed by atoms with van der Waals surface area (Å²) in [4.78, 5) is 14.4. The maximum Gasteiger partial charge on any atom is 0.165 e. The summed E-state index contributed by atoms with van der Waals surface area (Å²) in [5.41, 5.74) is 3.12. The van der Waals surface area contributed by atoms with Crippen molar-refractivity contribution in [2.45, 2.75) is 12.5 Å². The molecule has 0 amide bonds. The molecule has 0 fully saturated rings. The summed E-state index contributed by atoms with van der Waals surface area (Å²) in [6.07, 6.45) is 1.88. The number of hydrogen-bond acceptors (Lipinski definition) is 3. The summed E-state index contributed by atoms with van der Waals surface area (Å²) in [6, 6.07) is 24.7. The average Bonchev–Trinajstić information content (AvgIpc) is 3.23. The fourth-order valence-electron chi connectivity index (χ4n) is 3.10. The van der Waals surface area contributed by atoms with Crippen LogP contribution in [0.5, 0.6) is 0 Å². The molecule has 1 aromatic heterocycles. The van der Waals surface area contributed by atoms with Crippen LogP contribution in [0.15, 0.2) is 91.1 Å². The summed E-state index contributed by atoms with van der Waals surface area (Å²) in [7, 11) is 0. The minimum absolute atomic E-state index is 0.0904. The molecule has 0 saturated carbocycles. The number of rotatable bonds is 6. The van der Waals surface area contributed by atoms with Crippen molar-refractivity contribution in [1.82, 2.24) is 15.0 Å². The molecule has 0 spiro atoms. The van der Waals surface area contributed by atoms with Gasteiger partial charge in [0.1, 0.15) is 17.6 Å². The number of ketones is 1. The molecule has 3 aromatic carbocycles. The van der Waals surface area contributed by atoms with Crippen molar-refractivity contribution in [3.05, 3.63) is 108 Å². The van der Waals surface area contributed by atoms with Crippen molar-refractivity contribution in [3.63, 3.8) is 0 Å². The molecule has 0 saturated heterocycles. The van der Waals surface area contributed by atoms with Gasteiger partial charge in [0, 0.05) is 17.5 Å². The predicted octanol–water partition coefficient (Wildman–Crippen LogP) is 4.95. The third kappa shape index (κ3) is 3.88. The molecule has 0 radical (unpaired) electrons. The van der Waals surface area contributed by atoms with Gasteiger partial charge in [-0.1, -0.05) is 60.7 Å². The largest absolute Gasteiger partial charge is 0.294 e. The number of halogens is 1. The molecule has 5 heteroatoms. The van der Waals surface area contributed by atoms with E-state index in [9.17, 15) is 9.18 Å². The number of Topliss-reactive ketones (excluding diaryl/α,β-unsaturated/α-hetero) is 1. The Hall–Kier alpha value is -3.60. The number of carbonyl (C=O) groups is 1. The Morgan fingerprint density at radius 3 is 2.21 bits per heavy atom. The van der Waals surface area contributed by atoms with E-state index in [1.807, 2.05) is 60.7 Å². The zero-order valence-corrected chi connectivity index (χ0v) is 15.1. The van der Waals surface area contributed by atoms with Crippen LogP contribution >= 0.6 is 0 Å². The van der Waals surface area contributed by atoms with Crippen molar-refractivity contribution in [2.24, 2.45) is 0 Å². The van der Waals surface area contributed by atoms with Gasteiger partial charge < -0.3 is 0 Å². The highest BCUT2D eigenvalue weighted by molar-refractivity contribution is 5.96. The molecule has 0 aliphatic carbocycles. The second-order valence-corrected chi connectivity index (χ2v) is 6.48. The molecular formula is C23H18FN3O. The van der Waals surface area contributed by atoms with Crippen molar-refractivity contribution in [2.75, 3.05) is 0 Å².